The Hall–Kier alpha value is -0.433. The van der Waals surface area contributed by atoms with Crippen molar-refractivity contribution in [1.29, 1.82) is 0 Å². The predicted molar refractivity (Wildman–Crippen MR) is 57.5 cm³/mol. The van der Waals surface area contributed by atoms with Crippen LogP contribution in [0.25, 0.3) is 0 Å². The van der Waals surface area contributed by atoms with Crippen molar-refractivity contribution in [2.24, 2.45) is 0 Å². The van der Waals surface area contributed by atoms with Crippen molar-refractivity contribution in [1.82, 2.24) is 0 Å². The van der Waals surface area contributed by atoms with Crippen molar-refractivity contribution < 1.29 is 22.8 Å². The second-order valence-corrected chi connectivity index (χ2v) is 6.06. The molecule has 0 radical (unpaired) electrons. The molecule has 0 atom stereocenters. The van der Waals surface area contributed by atoms with E-state index in [9.17, 15) is 4.79 Å². The van der Waals surface area contributed by atoms with E-state index in [0.29, 0.717) is 25.5 Å². The fourth-order valence-corrected chi connectivity index (χ4v) is 2.82. The summed E-state index contributed by atoms with van der Waals surface area (Å²) in [7, 11) is 2.21. The molecule has 6 heteroatoms. The predicted octanol–water partition coefficient (Wildman–Crippen LogP) is 1.21. The lowest BCUT2D eigenvalue weighted by Gasteiger charge is -2.24. The number of rotatable bonds is 8. The minimum absolute atomic E-state index is 0.186. The summed E-state index contributed by atoms with van der Waals surface area (Å²) < 4.78 is 20.6. The largest absolute Gasteiger partial charge is 0.500 e. The summed E-state index contributed by atoms with van der Waals surface area (Å²) in [6, 6.07) is 0.646. The summed E-state index contributed by atoms with van der Waals surface area (Å²) in [5, 5.41) is 0. The van der Waals surface area contributed by atoms with E-state index in [1.54, 1.807) is 28.3 Å². The molecule has 0 fully saturated rings. The third kappa shape index (κ3) is 5.27. The Morgan fingerprint density at radius 3 is 2.07 bits per heavy atom. The van der Waals surface area contributed by atoms with E-state index in [0.717, 1.165) is 0 Å². The summed E-state index contributed by atoms with van der Waals surface area (Å²) in [5.74, 6) is -0.186. The first kappa shape index (κ1) is 14.6. The zero-order chi connectivity index (χ0) is 11.7. The highest BCUT2D eigenvalue weighted by molar-refractivity contribution is 6.60. The number of carbonyl (C=O) groups is 1. The van der Waals surface area contributed by atoms with Gasteiger partial charge in [-0.25, -0.2) is 0 Å². The first-order valence-electron chi connectivity index (χ1n) is 4.95. The summed E-state index contributed by atoms with van der Waals surface area (Å²) in [6.45, 7) is 2.15. The van der Waals surface area contributed by atoms with E-state index in [4.69, 9.17) is 18.0 Å². The van der Waals surface area contributed by atoms with Crippen molar-refractivity contribution in [2.45, 2.75) is 25.8 Å². The lowest BCUT2D eigenvalue weighted by Crippen LogP contribution is -2.42. The van der Waals surface area contributed by atoms with Crippen LogP contribution in [-0.4, -0.2) is 42.7 Å². The zero-order valence-electron chi connectivity index (χ0n) is 9.87. The van der Waals surface area contributed by atoms with Gasteiger partial charge in [0.25, 0.3) is 0 Å². The van der Waals surface area contributed by atoms with Crippen LogP contribution in [0.3, 0.4) is 0 Å². The van der Waals surface area contributed by atoms with Crippen molar-refractivity contribution in [3.63, 3.8) is 0 Å². The van der Waals surface area contributed by atoms with Crippen LogP contribution in [0, 0.1) is 0 Å². The summed E-state index contributed by atoms with van der Waals surface area (Å²) in [4.78, 5) is 10.8. The molecule has 0 aromatic heterocycles. The van der Waals surface area contributed by atoms with E-state index < -0.39 is 8.80 Å². The van der Waals surface area contributed by atoms with Gasteiger partial charge >= 0.3 is 14.8 Å². The van der Waals surface area contributed by atoms with Crippen LogP contribution in [0.1, 0.15) is 19.8 Å². The Balaban J connectivity index is 3.76. The van der Waals surface area contributed by atoms with Gasteiger partial charge in [0.2, 0.25) is 0 Å². The molecule has 5 nitrogen and oxygen atoms in total. The van der Waals surface area contributed by atoms with Gasteiger partial charge in [-0.05, 0) is 6.42 Å². The standard InChI is InChI=1S/C9H20O5Si/c1-5-9(10)14-7-6-8-15(11-2,12-3)13-4/h5-8H2,1-4H3. The quantitative estimate of drug-likeness (QED) is 0.360. The smallest absolute Gasteiger partial charge is 0.466 e. The zero-order valence-corrected chi connectivity index (χ0v) is 10.9. The molecule has 0 amide bonds. The molecule has 0 saturated heterocycles. The summed E-state index contributed by atoms with van der Waals surface area (Å²) in [5.41, 5.74) is 0. The van der Waals surface area contributed by atoms with Crippen LogP contribution in [0.4, 0.5) is 0 Å². The number of hydrogen-bond donors (Lipinski definition) is 0. The highest BCUT2D eigenvalue weighted by atomic mass is 28.4. The SMILES string of the molecule is CCC(=O)OCCC[Si](OC)(OC)OC. The van der Waals surface area contributed by atoms with E-state index in [1.807, 2.05) is 0 Å². The van der Waals surface area contributed by atoms with Crippen molar-refractivity contribution in [3.8, 4) is 0 Å². The van der Waals surface area contributed by atoms with Gasteiger partial charge in [-0.1, -0.05) is 6.92 Å². The molecular formula is C9H20O5Si. The molecule has 0 saturated carbocycles. The van der Waals surface area contributed by atoms with Crippen LogP contribution in [0.15, 0.2) is 0 Å². The molecule has 0 unspecified atom stereocenters. The molecular weight excluding hydrogens is 216 g/mol. The van der Waals surface area contributed by atoms with Crippen molar-refractivity contribution in [2.75, 3.05) is 27.9 Å². The molecule has 0 bridgehead atoms. The molecule has 0 aliphatic heterocycles. The lowest BCUT2D eigenvalue weighted by atomic mass is 10.5. The Bertz CT molecular complexity index is 173. The molecule has 0 spiro atoms. The van der Waals surface area contributed by atoms with Gasteiger partial charge in [0.15, 0.2) is 0 Å². The number of hydrogen-bond acceptors (Lipinski definition) is 5. The second-order valence-electron chi connectivity index (χ2n) is 2.97. The Morgan fingerprint density at radius 2 is 1.67 bits per heavy atom. The fourth-order valence-electron chi connectivity index (χ4n) is 1.13. The maximum absolute atomic E-state index is 10.8. The highest BCUT2D eigenvalue weighted by Crippen LogP contribution is 2.14. The number of carbonyl (C=O) groups excluding carboxylic acids is 1. The first-order chi connectivity index (χ1) is 7.14. The normalized spacial score (nSPS) is 11.5. The average Bonchev–Trinajstić information content (AvgIpc) is 2.30. The van der Waals surface area contributed by atoms with Crippen molar-refractivity contribution in [3.05, 3.63) is 0 Å². The Labute approximate surface area is 92.0 Å². The number of esters is 1. The second kappa shape index (κ2) is 7.81. The molecule has 0 aromatic carbocycles. The van der Waals surface area contributed by atoms with Gasteiger partial charge in [0, 0.05) is 33.8 Å². The third-order valence-electron chi connectivity index (χ3n) is 2.11. The Morgan fingerprint density at radius 1 is 1.13 bits per heavy atom. The van der Waals surface area contributed by atoms with Gasteiger partial charge in [-0.3, -0.25) is 4.79 Å². The van der Waals surface area contributed by atoms with Crippen LogP contribution in [-0.2, 0) is 22.8 Å². The van der Waals surface area contributed by atoms with Crippen LogP contribution < -0.4 is 0 Å². The van der Waals surface area contributed by atoms with Crippen LogP contribution >= 0.6 is 0 Å². The molecule has 0 aromatic rings. The lowest BCUT2D eigenvalue weighted by molar-refractivity contribution is -0.143. The Kier molecular flexibility index (Phi) is 7.58. The van der Waals surface area contributed by atoms with Gasteiger partial charge < -0.3 is 18.0 Å². The maximum Gasteiger partial charge on any atom is 0.500 e. The summed E-state index contributed by atoms with van der Waals surface area (Å²) >= 11 is 0. The van der Waals surface area contributed by atoms with E-state index in [2.05, 4.69) is 0 Å². The van der Waals surface area contributed by atoms with E-state index in [-0.39, 0.29) is 5.97 Å². The van der Waals surface area contributed by atoms with Gasteiger partial charge in [0.1, 0.15) is 0 Å². The molecule has 0 aliphatic rings. The van der Waals surface area contributed by atoms with Gasteiger partial charge in [-0.2, -0.15) is 0 Å². The molecule has 0 rings (SSSR count). The third-order valence-corrected chi connectivity index (χ3v) is 4.94. The molecule has 0 heterocycles. The monoisotopic (exact) mass is 236 g/mol. The minimum Gasteiger partial charge on any atom is -0.466 e. The topological polar surface area (TPSA) is 54.0 Å². The first-order valence-corrected chi connectivity index (χ1v) is 6.88. The van der Waals surface area contributed by atoms with E-state index >= 15 is 0 Å². The maximum atomic E-state index is 10.8. The van der Waals surface area contributed by atoms with Crippen molar-refractivity contribution >= 4 is 14.8 Å². The number of ether oxygens (including phenoxy) is 1. The average molecular weight is 236 g/mol. The fraction of sp³-hybridized carbons (Fsp3) is 0.889. The molecule has 0 N–H and O–H groups in total. The molecule has 0 aliphatic carbocycles. The highest BCUT2D eigenvalue weighted by Gasteiger charge is 2.36. The van der Waals surface area contributed by atoms with Gasteiger partial charge in [-0.15, -0.1) is 0 Å². The van der Waals surface area contributed by atoms with Crippen LogP contribution in [0.2, 0.25) is 6.04 Å². The molecule has 15 heavy (non-hydrogen) atoms. The van der Waals surface area contributed by atoms with E-state index in [1.165, 1.54) is 0 Å². The molecule has 90 valence electrons. The van der Waals surface area contributed by atoms with Crippen LogP contribution in [0.5, 0.6) is 0 Å². The summed E-state index contributed by atoms with van der Waals surface area (Å²) in [6.07, 6.45) is 1.09. The minimum atomic E-state index is -2.49. The van der Waals surface area contributed by atoms with Gasteiger partial charge in [0.05, 0.1) is 6.61 Å².